The van der Waals surface area contributed by atoms with Crippen LogP contribution in [-0.4, -0.2) is 18.5 Å². The normalized spacial score (nSPS) is 26.7. The molecular weight excluding hydrogens is 248 g/mol. The van der Waals surface area contributed by atoms with Crippen LogP contribution in [0.15, 0.2) is 24.3 Å². The predicted octanol–water partition coefficient (Wildman–Crippen LogP) is 2.13. The molecule has 1 amide bonds. The van der Waals surface area contributed by atoms with E-state index in [9.17, 15) is 4.79 Å². The zero-order chi connectivity index (χ0) is 14.2. The summed E-state index contributed by atoms with van der Waals surface area (Å²) in [5.41, 5.74) is 8.21. The highest BCUT2D eigenvalue weighted by molar-refractivity contribution is 5.88. The summed E-state index contributed by atoms with van der Waals surface area (Å²) in [4.78, 5) is 12.7. The topological polar surface area (TPSA) is 55.1 Å². The number of amides is 1. The summed E-state index contributed by atoms with van der Waals surface area (Å²) >= 11 is 0. The van der Waals surface area contributed by atoms with Crippen molar-refractivity contribution in [2.45, 2.75) is 50.5 Å². The lowest BCUT2D eigenvalue weighted by Gasteiger charge is -2.35. The third kappa shape index (κ3) is 2.47. The van der Waals surface area contributed by atoms with Crippen LogP contribution in [0.2, 0.25) is 0 Å². The largest absolute Gasteiger partial charge is 0.354 e. The van der Waals surface area contributed by atoms with E-state index in [1.165, 1.54) is 24.0 Å². The van der Waals surface area contributed by atoms with Gasteiger partial charge in [0.2, 0.25) is 5.91 Å². The molecule has 2 aliphatic rings. The van der Waals surface area contributed by atoms with Crippen molar-refractivity contribution in [3.05, 3.63) is 35.4 Å². The van der Waals surface area contributed by atoms with Crippen LogP contribution in [-0.2, 0) is 16.6 Å². The molecule has 1 aromatic rings. The standard InChI is InChI=1S/C17H24N2O/c1-17(16(20)19-11-15(18)13-8-9-13)10-4-6-12-5-2-3-7-14(12)17/h2-3,5,7,13,15H,4,6,8-11,18H2,1H3,(H,19,20). The fourth-order valence-electron chi connectivity index (χ4n) is 3.38. The van der Waals surface area contributed by atoms with E-state index in [4.69, 9.17) is 5.73 Å². The Bertz CT molecular complexity index is 509. The molecule has 1 saturated carbocycles. The number of hydrogen-bond donors (Lipinski definition) is 2. The van der Waals surface area contributed by atoms with Gasteiger partial charge in [0.25, 0.3) is 0 Å². The summed E-state index contributed by atoms with van der Waals surface area (Å²) in [5.74, 6) is 0.766. The van der Waals surface area contributed by atoms with E-state index in [2.05, 4.69) is 30.4 Å². The minimum absolute atomic E-state index is 0.126. The molecule has 3 nitrogen and oxygen atoms in total. The van der Waals surface area contributed by atoms with Crippen molar-refractivity contribution in [2.24, 2.45) is 11.7 Å². The second kappa shape index (κ2) is 5.21. The number of hydrogen-bond acceptors (Lipinski definition) is 2. The number of rotatable bonds is 4. The minimum atomic E-state index is -0.391. The third-order valence-corrected chi connectivity index (χ3v) is 4.96. The Morgan fingerprint density at radius 3 is 2.95 bits per heavy atom. The lowest BCUT2D eigenvalue weighted by Crippen LogP contribution is -2.48. The fourth-order valence-corrected chi connectivity index (χ4v) is 3.38. The average Bonchev–Trinajstić information content (AvgIpc) is 3.29. The molecule has 20 heavy (non-hydrogen) atoms. The summed E-state index contributed by atoms with van der Waals surface area (Å²) in [6, 6.07) is 8.48. The number of carbonyl (C=O) groups is 1. The van der Waals surface area contributed by atoms with Gasteiger partial charge in [-0.25, -0.2) is 0 Å². The van der Waals surface area contributed by atoms with E-state index in [0.29, 0.717) is 12.5 Å². The van der Waals surface area contributed by atoms with Crippen LogP contribution in [0.4, 0.5) is 0 Å². The monoisotopic (exact) mass is 272 g/mol. The van der Waals surface area contributed by atoms with Crippen LogP contribution in [0.1, 0.15) is 43.7 Å². The quantitative estimate of drug-likeness (QED) is 0.882. The molecule has 0 saturated heterocycles. The smallest absolute Gasteiger partial charge is 0.230 e. The Morgan fingerprint density at radius 2 is 2.20 bits per heavy atom. The second-order valence-electron chi connectivity index (χ2n) is 6.55. The van der Waals surface area contributed by atoms with Crippen LogP contribution in [0.25, 0.3) is 0 Å². The van der Waals surface area contributed by atoms with Crippen LogP contribution < -0.4 is 11.1 Å². The summed E-state index contributed by atoms with van der Waals surface area (Å²) < 4.78 is 0. The van der Waals surface area contributed by atoms with E-state index in [1.807, 2.05) is 6.07 Å². The van der Waals surface area contributed by atoms with Gasteiger partial charge in [0.15, 0.2) is 0 Å². The number of fused-ring (bicyclic) bond motifs is 1. The zero-order valence-electron chi connectivity index (χ0n) is 12.2. The third-order valence-electron chi connectivity index (χ3n) is 4.96. The van der Waals surface area contributed by atoms with E-state index in [1.54, 1.807) is 0 Å². The van der Waals surface area contributed by atoms with Crippen LogP contribution in [0, 0.1) is 5.92 Å². The van der Waals surface area contributed by atoms with E-state index < -0.39 is 5.41 Å². The van der Waals surface area contributed by atoms with Crippen molar-refractivity contribution >= 4 is 5.91 Å². The van der Waals surface area contributed by atoms with Gasteiger partial charge in [0.1, 0.15) is 0 Å². The first-order valence-corrected chi connectivity index (χ1v) is 7.73. The molecule has 3 N–H and O–H groups in total. The fraction of sp³-hybridized carbons (Fsp3) is 0.588. The SMILES string of the molecule is CC1(C(=O)NCC(N)C2CC2)CCCc2ccccc21. The Balaban J connectivity index is 1.73. The molecule has 0 spiro atoms. The molecule has 0 bridgehead atoms. The molecule has 2 unspecified atom stereocenters. The minimum Gasteiger partial charge on any atom is -0.354 e. The molecule has 2 aliphatic carbocycles. The highest BCUT2D eigenvalue weighted by Gasteiger charge is 2.39. The van der Waals surface area contributed by atoms with Crippen molar-refractivity contribution in [2.75, 3.05) is 6.54 Å². The first-order chi connectivity index (χ1) is 9.61. The maximum absolute atomic E-state index is 12.7. The maximum atomic E-state index is 12.7. The Labute approximate surface area is 120 Å². The predicted molar refractivity (Wildman–Crippen MR) is 80.4 cm³/mol. The zero-order valence-corrected chi connectivity index (χ0v) is 12.2. The summed E-state index contributed by atoms with van der Waals surface area (Å²) in [5, 5.41) is 3.09. The number of aryl methyl sites for hydroxylation is 1. The van der Waals surface area contributed by atoms with E-state index >= 15 is 0 Å². The molecule has 3 heteroatoms. The van der Waals surface area contributed by atoms with Crippen molar-refractivity contribution in [3.8, 4) is 0 Å². The van der Waals surface area contributed by atoms with E-state index in [-0.39, 0.29) is 11.9 Å². The van der Waals surface area contributed by atoms with Gasteiger partial charge in [-0.3, -0.25) is 4.79 Å². The van der Waals surface area contributed by atoms with Crippen molar-refractivity contribution in [3.63, 3.8) is 0 Å². The average molecular weight is 272 g/mol. The van der Waals surface area contributed by atoms with Gasteiger partial charge in [-0.05, 0) is 56.1 Å². The number of carbonyl (C=O) groups excluding carboxylic acids is 1. The Morgan fingerprint density at radius 1 is 1.45 bits per heavy atom. The van der Waals surface area contributed by atoms with Crippen LogP contribution in [0.3, 0.4) is 0 Å². The maximum Gasteiger partial charge on any atom is 0.230 e. The first kappa shape index (κ1) is 13.6. The molecule has 108 valence electrons. The van der Waals surface area contributed by atoms with Crippen LogP contribution in [0.5, 0.6) is 0 Å². The van der Waals surface area contributed by atoms with Gasteiger partial charge >= 0.3 is 0 Å². The summed E-state index contributed by atoms with van der Waals surface area (Å²) in [6.45, 7) is 2.68. The molecule has 2 atom stereocenters. The lowest BCUT2D eigenvalue weighted by atomic mass is 9.70. The van der Waals surface area contributed by atoms with Gasteiger partial charge in [-0.15, -0.1) is 0 Å². The van der Waals surface area contributed by atoms with Crippen molar-refractivity contribution < 1.29 is 4.79 Å². The number of nitrogens with one attached hydrogen (secondary N) is 1. The first-order valence-electron chi connectivity index (χ1n) is 7.73. The second-order valence-corrected chi connectivity index (χ2v) is 6.55. The molecule has 0 aromatic heterocycles. The molecule has 1 aromatic carbocycles. The highest BCUT2D eigenvalue weighted by atomic mass is 16.2. The van der Waals surface area contributed by atoms with Crippen molar-refractivity contribution in [1.82, 2.24) is 5.32 Å². The highest BCUT2D eigenvalue weighted by Crippen LogP contribution is 2.37. The Kier molecular flexibility index (Phi) is 3.55. The van der Waals surface area contributed by atoms with Gasteiger partial charge in [0.05, 0.1) is 5.41 Å². The Hall–Kier alpha value is -1.35. The molecular formula is C17H24N2O. The summed E-state index contributed by atoms with van der Waals surface area (Å²) in [6.07, 6.45) is 5.53. The number of benzene rings is 1. The van der Waals surface area contributed by atoms with Crippen molar-refractivity contribution in [1.29, 1.82) is 0 Å². The molecule has 1 fully saturated rings. The van der Waals surface area contributed by atoms with Gasteiger partial charge < -0.3 is 11.1 Å². The summed E-state index contributed by atoms with van der Waals surface area (Å²) in [7, 11) is 0. The van der Waals surface area contributed by atoms with Gasteiger partial charge in [-0.1, -0.05) is 24.3 Å². The van der Waals surface area contributed by atoms with Gasteiger partial charge in [-0.2, -0.15) is 0 Å². The van der Waals surface area contributed by atoms with Gasteiger partial charge in [0, 0.05) is 12.6 Å². The van der Waals surface area contributed by atoms with E-state index in [0.717, 1.165) is 19.3 Å². The lowest BCUT2D eigenvalue weighted by molar-refractivity contribution is -0.126. The molecule has 0 radical (unpaired) electrons. The molecule has 0 aliphatic heterocycles. The number of nitrogens with two attached hydrogens (primary N) is 1. The molecule has 0 heterocycles. The molecule has 3 rings (SSSR count). The van der Waals surface area contributed by atoms with Crippen LogP contribution >= 0.6 is 0 Å².